The van der Waals surface area contributed by atoms with Crippen LogP contribution >= 0.6 is 0 Å². The van der Waals surface area contributed by atoms with Crippen LogP contribution in [-0.4, -0.2) is 13.4 Å². The molecule has 0 aliphatic heterocycles. The zero-order valence-electron chi connectivity index (χ0n) is 12.3. The Bertz CT molecular complexity index is 998. The van der Waals surface area contributed by atoms with Crippen molar-refractivity contribution < 1.29 is 21.6 Å². The summed E-state index contributed by atoms with van der Waals surface area (Å²) in [6, 6.07) is 14.5. The predicted octanol–water partition coefficient (Wildman–Crippen LogP) is 4.23. The van der Waals surface area contributed by atoms with E-state index < -0.39 is 32.2 Å². The number of hydrogen-bond acceptors (Lipinski definition) is 3. The number of halogens is 3. The summed E-state index contributed by atoms with van der Waals surface area (Å²) in [5.74, 6) is -0.592. The van der Waals surface area contributed by atoms with E-state index in [1.807, 2.05) is 12.1 Å². The van der Waals surface area contributed by atoms with E-state index in [9.17, 15) is 21.6 Å². The van der Waals surface area contributed by atoms with E-state index in [0.29, 0.717) is 5.52 Å². The Kier molecular flexibility index (Phi) is 4.04. The van der Waals surface area contributed by atoms with Crippen molar-refractivity contribution in [1.82, 2.24) is 4.98 Å². The Morgan fingerprint density at radius 2 is 1.54 bits per heavy atom. The highest BCUT2D eigenvalue weighted by Crippen LogP contribution is 2.35. The molecule has 0 amide bonds. The molecule has 0 spiro atoms. The van der Waals surface area contributed by atoms with Crippen LogP contribution in [0.25, 0.3) is 10.9 Å². The summed E-state index contributed by atoms with van der Waals surface area (Å²) >= 11 is 0. The number of benzene rings is 2. The first-order valence-electron chi connectivity index (χ1n) is 7.01. The van der Waals surface area contributed by atoms with Crippen LogP contribution in [0.5, 0.6) is 0 Å². The molecular weight excluding hydrogens is 339 g/mol. The number of nitrogens with zero attached hydrogens (tertiary/aromatic N) is 1. The van der Waals surface area contributed by atoms with Crippen molar-refractivity contribution in [2.75, 3.05) is 0 Å². The molecule has 7 heteroatoms. The maximum absolute atomic E-state index is 13.0. The average molecular weight is 351 g/mol. The first-order chi connectivity index (χ1) is 11.3. The minimum absolute atomic E-state index is 0.200. The second-order valence-corrected chi connectivity index (χ2v) is 7.21. The van der Waals surface area contributed by atoms with Crippen molar-refractivity contribution >= 4 is 20.7 Å². The second kappa shape index (κ2) is 5.90. The summed E-state index contributed by atoms with van der Waals surface area (Å²) < 4.78 is 64.1. The molecule has 1 heterocycles. The van der Waals surface area contributed by atoms with E-state index in [0.717, 1.165) is 23.6 Å². The monoisotopic (exact) mass is 351 g/mol. The van der Waals surface area contributed by atoms with Gasteiger partial charge in [-0.1, -0.05) is 36.4 Å². The first kappa shape index (κ1) is 16.4. The van der Waals surface area contributed by atoms with Gasteiger partial charge in [-0.3, -0.25) is 4.98 Å². The molecule has 0 aliphatic rings. The van der Waals surface area contributed by atoms with E-state index in [2.05, 4.69) is 4.98 Å². The molecule has 3 nitrogen and oxygen atoms in total. The molecule has 0 fully saturated rings. The lowest BCUT2D eigenvalue weighted by Crippen LogP contribution is -2.15. The van der Waals surface area contributed by atoms with Crippen molar-refractivity contribution in [2.45, 2.75) is 16.8 Å². The van der Waals surface area contributed by atoms with Crippen molar-refractivity contribution in [3.05, 3.63) is 71.9 Å². The van der Waals surface area contributed by atoms with E-state index in [1.54, 1.807) is 18.2 Å². The average Bonchev–Trinajstić information content (AvgIpc) is 2.53. The predicted molar refractivity (Wildman–Crippen MR) is 84.1 cm³/mol. The van der Waals surface area contributed by atoms with Crippen LogP contribution in [-0.2, 0) is 21.8 Å². The molecule has 0 atom stereocenters. The molecule has 1 aromatic heterocycles. The third-order valence-electron chi connectivity index (χ3n) is 3.52. The minimum atomic E-state index is -4.74. The van der Waals surface area contributed by atoms with Gasteiger partial charge >= 0.3 is 6.18 Å². The Balaban J connectivity index is 2.02. The number of hydrogen-bond donors (Lipinski definition) is 0. The maximum atomic E-state index is 13.0. The topological polar surface area (TPSA) is 47.0 Å². The van der Waals surface area contributed by atoms with Crippen LogP contribution < -0.4 is 0 Å². The largest absolute Gasteiger partial charge is 0.417 e. The number of para-hydroxylation sites is 1. The van der Waals surface area contributed by atoms with Crippen LogP contribution in [0.4, 0.5) is 13.2 Å². The smallest absolute Gasteiger partial charge is 0.252 e. The molecule has 0 bridgehead atoms. The lowest BCUT2D eigenvalue weighted by Gasteiger charge is -2.13. The summed E-state index contributed by atoms with van der Waals surface area (Å²) in [6.45, 7) is 0. The van der Waals surface area contributed by atoms with E-state index in [-0.39, 0.29) is 5.69 Å². The van der Waals surface area contributed by atoms with Crippen LogP contribution in [0.2, 0.25) is 0 Å². The highest BCUT2D eigenvalue weighted by Gasteiger charge is 2.36. The summed E-state index contributed by atoms with van der Waals surface area (Å²) in [5.41, 5.74) is -0.370. The number of aromatic nitrogens is 1. The number of sulfone groups is 1. The quantitative estimate of drug-likeness (QED) is 0.709. The number of rotatable bonds is 3. The van der Waals surface area contributed by atoms with Crippen molar-refractivity contribution in [1.29, 1.82) is 0 Å². The molecule has 3 rings (SSSR count). The van der Waals surface area contributed by atoms with E-state index in [4.69, 9.17) is 0 Å². The van der Waals surface area contributed by atoms with Crippen molar-refractivity contribution in [3.63, 3.8) is 0 Å². The number of fused-ring (bicyclic) bond motifs is 1. The fraction of sp³-hybridized carbons (Fsp3) is 0.118. The minimum Gasteiger partial charge on any atom is -0.252 e. The summed E-state index contributed by atoms with van der Waals surface area (Å²) in [7, 11) is -4.18. The normalized spacial score (nSPS) is 12.5. The van der Waals surface area contributed by atoms with Gasteiger partial charge in [0.2, 0.25) is 0 Å². The molecule has 2 aromatic carbocycles. The highest BCUT2D eigenvalue weighted by molar-refractivity contribution is 7.90. The van der Waals surface area contributed by atoms with Crippen molar-refractivity contribution in [2.24, 2.45) is 0 Å². The van der Waals surface area contributed by atoms with Gasteiger partial charge < -0.3 is 0 Å². The van der Waals surface area contributed by atoms with Gasteiger partial charge in [0.25, 0.3) is 0 Å². The van der Waals surface area contributed by atoms with Crippen LogP contribution in [0.3, 0.4) is 0 Å². The lowest BCUT2D eigenvalue weighted by atomic mass is 10.2. The fourth-order valence-electron chi connectivity index (χ4n) is 2.43. The van der Waals surface area contributed by atoms with Gasteiger partial charge in [-0.2, -0.15) is 13.2 Å². The molecule has 0 aliphatic carbocycles. The van der Waals surface area contributed by atoms with Gasteiger partial charge in [0.05, 0.1) is 27.4 Å². The Labute approximate surface area is 136 Å². The molecule has 0 N–H and O–H groups in total. The zero-order valence-corrected chi connectivity index (χ0v) is 13.1. The summed E-state index contributed by atoms with van der Waals surface area (Å²) in [5, 5.41) is 0.828. The Morgan fingerprint density at radius 1 is 0.875 bits per heavy atom. The fourth-order valence-corrected chi connectivity index (χ4v) is 3.94. The molecule has 0 radical (unpaired) electrons. The van der Waals surface area contributed by atoms with Crippen LogP contribution in [0.15, 0.2) is 65.6 Å². The highest BCUT2D eigenvalue weighted by atomic mass is 32.2. The van der Waals surface area contributed by atoms with Gasteiger partial charge in [-0.05, 0) is 24.3 Å². The van der Waals surface area contributed by atoms with Gasteiger partial charge in [-0.15, -0.1) is 0 Å². The first-order valence-corrected chi connectivity index (χ1v) is 8.66. The Hall–Kier alpha value is -2.41. The van der Waals surface area contributed by atoms with Gasteiger partial charge in [0, 0.05) is 5.39 Å². The zero-order chi connectivity index (χ0) is 17.4. The Morgan fingerprint density at radius 3 is 2.29 bits per heavy atom. The van der Waals surface area contributed by atoms with E-state index in [1.165, 1.54) is 12.1 Å². The summed E-state index contributed by atoms with van der Waals surface area (Å²) in [4.78, 5) is 3.49. The number of pyridine rings is 1. The maximum Gasteiger partial charge on any atom is 0.417 e. The molecule has 24 heavy (non-hydrogen) atoms. The molecule has 0 saturated heterocycles. The molecule has 3 aromatic rings. The van der Waals surface area contributed by atoms with Gasteiger partial charge in [0.1, 0.15) is 0 Å². The third-order valence-corrected chi connectivity index (χ3v) is 5.22. The molecule has 0 unspecified atom stereocenters. The second-order valence-electron chi connectivity index (χ2n) is 5.25. The van der Waals surface area contributed by atoms with Gasteiger partial charge in [-0.25, -0.2) is 8.42 Å². The molecule has 0 saturated carbocycles. The third kappa shape index (κ3) is 3.26. The SMILES string of the molecule is O=S(=O)(Cc1ccc2ccccc2n1)c1ccccc1C(F)(F)F. The van der Waals surface area contributed by atoms with Crippen molar-refractivity contribution in [3.8, 4) is 0 Å². The molecular formula is C17H12F3NO2S. The number of alkyl halides is 3. The summed E-state index contributed by atoms with van der Waals surface area (Å²) in [6.07, 6.45) is -4.74. The standard InChI is InChI=1S/C17H12F3NO2S/c18-17(19,20)14-6-2-4-8-16(14)24(22,23)11-13-10-9-12-5-1-3-7-15(12)21-13/h1-10H,11H2. The lowest BCUT2D eigenvalue weighted by molar-refractivity contribution is -0.139. The van der Waals surface area contributed by atoms with Gasteiger partial charge in [0.15, 0.2) is 9.84 Å². The van der Waals surface area contributed by atoms with Crippen LogP contribution in [0.1, 0.15) is 11.3 Å². The van der Waals surface area contributed by atoms with Crippen LogP contribution in [0, 0.1) is 0 Å². The molecule has 124 valence electrons. The van der Waals surface area contributed by atoms with E-state index >= 15 is 0 Å².